The standard InChI is InChI=1S/C19H22N4O3/c1-22-10-11-23-15(19(22)26)16(24)18(25)21-17(23)14(12-6-2-3-7-12)13-8-4-5-9-20-13/h4-5,8-9,12,14,24H,2-3,6-7,10-11H2,1H3. The van der Waals surface area contributed by atoms with E-state index >= 15 is 0 Å². The van der Waals surface area contributed by atoms with E-state index < -0.39 is 11.3 Å². The minimum absolute atomic E-state index is 0.0488. The first kappa shape index (κ1) is 16.8. The van der Waals surface area contributed by atoms with Crippen LogP contribution in [0, 0.1) is 5.92 Å². The molecular formula is C19H22N4O3. The van der Waals surface area contributed by atoms with Crippen molar-refractivity contribution in [2.45, 2.75) is 38.1 Å². The zero-order chi connectivity index (χ0) is 18.3. The lowest BCUT2D eigenvalue weighted by Crippen LogP contribution is -2.41. The van der Waals surface area contributed by atoms with Crippen LogP contribution in [0.5, 0.6) is 5.75 Å². The van der Waals surface area contributed by atoms with E-state index in [9.17, 15) is 14.7 Å². The van der Waals surface area contributed by atoms with Gasteiger partial charge in [-0.3, -0.25) is 14.6 Å². The summed E-state index contributed by atoms with van der Waals surface area (Å²) in [7, 11) is 1.67. The Labute approximate surface area is 151 Å². The maximum absolute atomic E-state index is 12.6. The van der Waals surface area contributed by atoms with Crippen LogP contribution in [0.15, 0.2) is 29.2 Å². The summed E-state index contributed by atoms with van der Waals surface area (Å²) < 4.78 is 1.73. The summed E-state index contributed by atoms with van der Waals surface area (Å²) in [6.07, 6.45) is 6.11. The van der Waals surface area contributed by atoms with E-state index in [2.05, 4.69) is 9.97 Å². The number of amides is 1. The van der Waals surface area contributed by atoms with E-state index in [1.165, 1.54) is 4.90 Å². The highest BCUT2D eigenvalue weighted by atomic mass is 16.3. The molecule has 136 valence electrons. The first-order chi connectivity index (χ1) is 12.6. The number of hydrogen-bond acceptors (Lipinski definition) is 5. The van der Waals surface area contributed by atoms with Gasteiger partial charge in [-0.05, 0) is 30.9 Å². The predicted octanol–water partition coefficient (Wildman–Crippen LogP) is 1.75. The summed E-state index contributed by atoms with van der Waals surface area (Å²) in [4.78, 5) is 35.2. The van der Waals surface area contributed by atoms with Crippen molar-refractivity contribution in [3.8, 4) is 5.75 Å². The Morgan fingerprint density at radius 1 is 1.19 bits per heavy atom. The molecule has 1 amide bonds. The molecule has 1 fully saturated rings. The van der Waals surface area contributed by atoms with Crippen molar-refractivity contribution in [2.24, 2.45) is 5.92 Å². The van der Waals surface area contributed by atoms with E-state index in [0.717, 1.165) is 31.4 Å². The highest BCUT2D eigenvalue weighted by Crippen LogP contribution is 2.40. The Balaban J connectivity index is 1.93. The quantitative estimate of drug-likeness (QED) is 0.907. The summed E-state index contributed by atoms with van der Waals surface area (Å²) in [5.74, 6) is -0.179. The van der Waals surface area contributed by atoms with Gasteiger partial charge in [0.2, 0.25) is 5.75 Å². The molecule has 2 aromatic heterocycles. The minimum atomic E-state index is -0.742. The molecule has 0 radical (unpaired) electrons. The van der Waals surface area contributed by atoms with Crippen molar-refractivity contribution < 1.29 is 9.90 Å². The molecule has 1 N–H and O–H groups in total. The van der Waals surface area contributed by atoms with Crippen LogP contribution >= 0.6 is 0 Å². The molecule has 3 heterocycles. The summed E-state index contributed by atoms with van der Waals surface area (Å²) in [6.45, 7) is 1.02. The van der Waals surface area contributed by atoms with Gasteiger partial charge in [-0.2, -0.15) is 4.98 Å². The van der Waals surface area contributed by atoms with Crippen molar-refractivity contribution >= 4 is 5.91 Å². The molecule has 2 aromatic rings. The molecule has 7 heteroatoms. The summed E-state index contributed by atoms with van der Waals surface area (Å²) in [5, 5.41) is 10.2. The monoisotopic (exact) mass is 354 g/mol. The number of rotatable bonds is 3. The molecule has 1 aliphatic carbocycles. The molecule has 26 heavy (non-hydrogen) atoms. The van der Waals surface area contributed by atoms with Crippen LogP contribution in [0.2, 0.25) is 0 Å². The van der Waals surface area contributed by atoms with Crippen LogP contribution in [-0.2, 0) is 6.54 Å². The molecule has 2 aliphatic rings. The van der Waals surface area contributed by atoms with Crippen molar-refractivity contribution in [2.75, 3.05) is 13.6 Å². The van der Waals surface area contributed by atoms with E-state index in [1.807, 2.05) is 18.2 Å². The van der Waals surface area contributed by atoms with E-state index in [0.29, 0.717) is 24.8 Å². The van der Waals surface area contributed by atoms with Gasteiger partial charge in [0.25, 0.3) is 5.91 Å². The number of nitrogens with zero attached hydrogens (tertiary/aromatic N) is 4. The summed E-state index contributed by atoms with van der Waals surface area (Å²) >= 11 is 0. The summed E-state index contributed by atoms with van der Waals surface area (Å²) in [5.41, 5.74) is 0.166. The predicted molar refractivity (Wildman–Crippen MR) is 95.2 cm³/mol. The smallest absolute Gasteiger partial charge is 0.315 e. The fourth-order valence-electron chi connectivity index (χ4n) is 4.21. The molecule has 0 saturated heterocycles. The van der Waals surface area contributed by atoms with Crippen molar-refractivity contribution in [3.63, 3.8) is 0 Å². The molecule has 1 atom stereocenters. The number of carbonyl (C=O) groups is 1. The average molecular weight is 354 g/mol. The number of carbonyl (C=O) groups excluding carboxylic acids is 1. The number of hydrogen-bond donors (Lipinski definition) is 1. The SMILES string of the molecule is CN1CCn2c(C(c3ccccn3)C3CCCC3)nc(=O)c(O)c2C1=O. The minimum Gasteiger partial charge on any atom is -0.501 e. The van der Waals surface area contributed by atoms with Crippen LogP contribution in [-0.4, -0.2) is 44.0 Å². The van der Waals surface area contributed by atoms with Gasteiger partial charge in [-0.25, -0.2) is 0 Å². The van der Waals surface area contributed by atoms with E-state index in [-0.39, 0.29) is 17.5 Å². The van der Waals surface area contributed by atoms with Gasteiger partial charge >= 0.3 is 5.56 Å². The number of pyridine rings is 1. The number of likely N-dealkylation sites (N-methyl/N-ethyl adjacent to an activating group) is 1. The number of fused-ring (bicyclic) bond motifs is 1. The van der Waals surface area contributed by atoms with Crippen molar-refractivity contribution in [3.05, 3.63) is 52.0 Å². The van der Waals surface area contributed by atoms with Gasteiger partial charge in [0.05, 0.1) is 11.6 Å². The fraction of sp³-hybridized carbons (Fsp3) is 0.474. The third-order valence-electron chi connectivity index (χ3n) is 5.55. The van der Waals surface area contributed by atoms with Crippen LogP contribution in [0.1, 0.15) is 53.6 Å². The van der Waals surface area contributed by atoms with Gasteiger partial charge < -0.3 is 14.6 Å². The zero-order valence-electron chi connectivity index (χ0n) is 14.8. The first-order valence-corrected chi connectivity index (χ1v) is 9.08. The Kier molecular flexibility index (Phi) is 4.22. The zero-order valence-corrected chi connectivity index (χ0v) is 14.8. The average Bonchev–Trinajstić information content (AvgIpc) is 3.17. The maximum atomic E-state index is 12.6. The third kappa shape index (κ3) is 2.67. The second-order valence-electron chi connectivity index (χ2n) is 7.13. The number of aromatic hydroxyl groups is 1. The topological polar surface area (TPSA) is 88.3 Å². The lowest BCUT2D eigenvalue weighted by atomic mass is 9.86. The van der Waals surface area contributed by atoms with Gasteiger partial charge in [0.15, 0.2) is 5.69 Å². The van der Waals surface area contributed by atoms with E-state index in [1.54, 1.807) is 17.8 Å². The Bertz CT molecular complexity index is 888. The van der Waals surface area contributed by atoms with Crippen LogP contribution in [0.3, 0.4) is 0 Å². The van der Waals surface area contributed by atoms with Gasteiger partial charge in [0.1, 0.15) is 5.82 Å². The van der Waals surface area contributed by atoms with Gasteiger partial charge in [-0.15, -0.1) is 0 Å². The van der Waals surface area contributed by atoms with Gasteiger partial charge in [0, 0.05) is 26.3 Å². The maximum Gasteiger partial charge on any atom is 0.315 e. The van der Waals surface area contributed by atoms with Crippen LogP contribution in [0.4, 0.5) is 0 Å². The molecule has 0 spiro atoms. The lowest BCUT2D eigenvalue weighted by molar-refractivity contribution is 0.0737. The number of aromatic nitrogens is 3. The molecular weight excluding hydrogens is 332 g/mol. The molecule has 1 unspecified atom stereocenters. The van der Waals surface area contributed by atoms with Crippen LogP contribution < -0.4 is 5.56 Å². The molecule has 0 bridgehead atoms. The second kappa shape index (κ2) is 6.55. The summed E-state index contributed by atoms with van der Waals surface area (Å²) in [6, 6.07) is 5.74. The van der Waals surface area contributed by atoms with Crippen molar-refractivity contribution in [1.29, 1.82) is 0 Å². The normalized spacial score (nSPS) is 18.8. The van der Waals surface area contributed by atoms with Gasteiger partial charge in [-0.1, -0.05) is 18.9 Å². The Morgan fingerprint density at radius 3 is 2.65 bits per heavy atom. The molecule has 1 aliphatic heterocycles. The molecule has 7 nitrogen and oxygen atoms in total. The first-order valence-electron chi connectivity index (χ1n) is 9.08. The second-order valence-corrected chi connectivity index (χ2v) is 7.13. The van der Waals surface area contributed by atoms with E-state index in [4.69, 9.17) is 0 Å². The molecule has 1 saturated carbocycles. The highest BCUT2D eigenvalue weighted by Gasteiger charge is 2.36. The highest BCUT2D eigenvalue weighted by molar-refractivity contribution is 5.95. The Morgan fingerprint density at radius 2 is 1.96 bits per heavy atom. The molecule has 4 rings (SSSR count). The van der Waals surface area contributed by atoms with Crippen molar-refractivity contribution in [1.82, 2.24) is 19.4 Å². The third-order valence-corrected chi connectivity index (χ3v) is 5.55. The Hall–Kier alpha value is -2.70. The largest absolute Gasteiger partial charge is 0.501 e. The lowest BCUT2D eigenvalue weighted by Gasteiger charge is -2.32. The van der Waals surface area contributed by atoms with Crippen LogP contribution in [0.25, 0.3) is 0 Å². The fourth-order valence-corrected chi connectivity index (χ4v) is 4.21. The molecule has 0 aromatic carbocycles.